The standard InChI is InChI=1S/C22H24N4O/c1-15(2)24-22(27)19-13-20(23-14-17-11-9-16(3)10-12-17)26-21(25-19)18-7-5-4-6-8-18/h4-13,15H,14H2,1-3H3,(H,24,27)(H,23,25,26). The largest absolute Gasteiger partial charge is 0.366 e. The van der Waals surface area contributed by atoms with Crippen molar-refractivity contribution in [1.29, 1.82) is 0 Å². The molecule has 1 aromatic heterocycles. The molecule has 0 radical (unpaired) electrons. The van der Waals surface area contributed by atoms with Gasteiger partial charge in [-0.2, -0.15) is 0 Å². The van der Waals surface area contributed by atoms with Crippen LogP contribution in [0.25, 0.3) is 11.4 Å². The Hall–Kier alpha value is -3.21. The smallest absolute Gasteiger partial charge is 0.270 e. The van der Waals surface area contributed by atoms with E-state index < -0.39 is 0 Å². The molecule has 3 rings (SSSR count). The number of hydrogen-bond donors (Lipinski definition) is 2. The number of anilines is 1. The van der Waals surface area contributed by atoms with E-state index in [-0.39, 0.29) is 11.9 Å². The molecule has 0 spiro atoms. The number of hydrogen-bond acceptors (Lipinski definition) is 4. The zero-order valence-electron chi connectivity index (χ0n) is 15.9. The normalized spacial score (nSPS) is 10.7. The van der Waals surface area contributed by atoms with Crippen LogP contribution < -0.4 is 10.6 Å². The van der Waals surface area contributed by atoms with Crippen LogP contribution in [0.2, 0.25) is 0 Å². The minimum Gasteiger partial charge on any atom is -0.366 e. The van der Waals surface area contributed by atoms with Gasteiger partial charge in [0.1, 0.15) is 11.5 Å². The lowest BCUT2D eigenvalue weighted by molar-refractivity contribution is 0.0938. The van der Waals surface area contributed by atoms with Gasteiger partial charge in [0.15, 0.2) is 5.82 Å². The number of carbonyl (C=O) groups is 1. The van der Waals surface area contributed by atoms with Crippen LogP contribution in [0, 0.1) is 6.92 Å². The third-order valence-electron chi connectivity index (χ3n) is 4.00. The molecule has 5 nitrogen and oxygen atoms in total. The number of aromatic nitrogens is 2. The van der Waals surface area contributed by atoms with Gasteiger partial charge >= 0.3 is 0 Å². The fraction of sp³-hybridized carbons (Fsp3) is 0.227. The van der Waals surface area contributed by atoms with Crippen LogP contribution in [0.15, 0.2) is 60.7 Å². The molecule has 0 saturated carbocycles. The van der Waals surface area contributed by atoms with Gasteiger partial charge in [0.05, 0.1) is 0 Å². The summed E-state index contributed by atoms with van der Waals surface area (Å²) in [6.07, 6.45) is 0. The van der Waals surface area contributed by atoms with Crippen LogP contribution in [0.5, 0.6) is 0 Å². The SMILES string of the molecule is Cc1ccc(CNc2cc(C(=O)NC(C)C)nc(-c3ccccc3)n2)cc1. The van der Waals surface area contributed by atoms with E-state index in [1.54, 1.807) is 6.07 Å². The fourth-order valence-corrected chi connectivity index (χ4v) is 2.61. The minimum absolute atomic E-state index is 0.0385. The van der Waals surface area contributed by atoms with Gasteiger partial charge in [0.25, 0.3) is 5.91 Å². The van der Waals surface area contributed by atoms with Gasteiger partial charge in [0, 0.05) is 24.2 Å². The first-order chi connectivity index (χ1) is 13.0. The van der Waals surface area contributed by atoms with Gasteiger partial charge < -0.3 is 10.6 Å². The highest BCUT2D eigenvalue weighted by atomic mass is 16.1. The lowest BCUT2D eigenvalue weighted by Crippen LogP contribution is -2.31. The highest BCUT2D eigenvalue weighted by molar-refractivity contribution is 5.93. The zero-order chi connectivity index (χ0) is 19.2. The van der Waals surface area contributed by atoms with E-state index >= 15 is 0 Å². The van der Waals surface area contributed by atoms with E-state index in [0.717, 1.165) is 11.1 Å². The van der Waals surface area contributed by atoms with Gasteiger partial charge in [-0.05, 0) is 26.3 Å². The summed E-state index contributed by atoms with van der Waals surface area (Å²) in [5, 5.41) is 6.20. The van der Waals surface area contributed by atoms with Crippen molar-refractivity contribution in [3.8, 4) is 11.4 Å². The molecule has 2 aromatic carbocycles. The fourth-order valence-electron chi connectivity index (χ4n) is 2.61. The number of aryl methyl sites for hydroxylation is 1. The van der Waals surface area contributed by atoms with Crippen molar-refractivity contribution in [3.63, 3.8) is 0 Å². The summed E-state index contributed by atoms with van der Waals surface area (Å²) in [4.78, 5) is 21.5. The van der Waals surface area contributed by atoms with Crippen LogP contribution in [-0.4, -0.2) is 21.9 Å². The Balaban J connectivity index is 1.89. The quantitative estimate of drug-likeness (QED) is 0.691. The molecule has 0 unspecified atom stereocenters. The first-order valence-electron chi connectivity index (χ1n) is 9.06. The average molecular weight is 360 g/mol. The van der Waals surface area contributed by atoms with Crippen molar-refractivity contribution in [2.24, 2.45) is 0 Å². The Morgan fingerprint density at radius 2 is 1.70 bits per heavy atom. The molecule has 0 fully saturated rings. The second-order valence-electron chi connectivity index (χ2n) is 6.80. The maximum Gasteiger partial charge on any atom is 0.270 e. The maximum atomic E-state index is 12.5. The summed E-state index contributed by atoms with van der Waals surface area (Å²) in [5.74, 6) is 0.944. The topological polar surface area (TPSA) is 66.9 Å². The van der Waals surface area contributed by atoms with E-state index in [0.29, 0.717) is 23.9 Å². The summed E-state index contributed by atoms with van der Waals surface area (Å²) >= 11 is 0. The number of amides is 1. The molecule has 27 heavy (non-hydrogen) atoms. The summed E-state index contributed by atoms with van der Waals surface area (Å²) in [5.41, 5.74) is 3.59. The van der Waals surface area contributed by atoms with Crippen molar-refractivity contribution in [3.05, 3.63) is 77.5 Å². The molecule has 1 amide bonds. The number of nitrogens with one attached hydrogen (secondary N) is 2. The highest BCUT2D eigenvalue weighted by Gasteiger charge is 2.14. The molecule has 0 saturated heterocycles. The summed E-state index contributed by atoms with van der Waals surface area (Å²) in [6, 6.07) is 19.7. The monoisotopic (exact) mass is 360 g/mol. The third-order valence-corrected chi connectivity index (χ3v) is 4.00. The number of rotatable bonds is 6. The molecule has 0 aliphatic carbocycles. The first kappa shape index (κ1) is 18.6. The summed E-state index contributed by atoms with van der Waals surface area (Å²) in [6.45, 7) is 6.53. The van der Waals surface area contributed by atoms with Crippen molar-refractivity contribution < 1.29 is 4.79 Å². The Kier molecular flexibility index (Phi) is 5.81. The Bertz CT molecular complexity index is 905. The zero-order valence-corrected chi connectivity index (χ0v) is 15.9. The van der Waals surface area contributed by atoms with Crippen molar-refractivity contribution >= 4 is 11.7 Å². The molecule has 1 heterocycles. The predicted octanol–water partition coefficient (Wildman–Crippen LogP) is 4.20. The van der Waals surface area contributed by atoms with E-state index in [1.165, 1.54) is 5.56 Å². The molecular weight excluding hydrogens is 336 g/mol. The maximum absolute atomic E-state index is 12.5. The van der Waals surface area contributed by atoms with Crippen molar-refractivity contribution in [2.75, 3.05) is 5.32 Å². The van der Waals surface area contributed by atoms with Crippen LogP contribution in [0.3, 0.4) is 0 Å². The van der Waals surface area contributed by atoms with Gasteiger partial charge in [-0.1, -0.05) is 60.2 Å². The molecule has 2 N–H and O–H groups in total. The van der Waals surface area contributed by atoms with Gasteiger partial charge in [-0.3, -0.25) is 4.79 Å². The molecule has 0 aliphatic rings. The van der Waals surface area contributed by atoms with Crippen LogP contribution in [-0.2, 0) is 6.54 Å². The van der Waals surface area contributed by atoms with Crippen LogP contribution in [0.4, 0.5) is 5.82 Å². The molecule has 0 aliphatic heterocycles. The van der Waals surface area contributed by atoms with E-state index in [4.69, 9.17) is 0 Å². The Labute approximate surface area is 159 Å². The van der Waals surface area contributed by atoms with E-state index in [1.807, 2.05) is 44.2 Å². The number of carbonyl (C=O) groups excluding carboxylic acids is 1. The molecule has 0 atom stereocenters. The highest BCUT2D eigenvalue weighted by Crippen LogP contribution is 2.18. The van der Waals surface area contributed by atoms with E-state index in [9.17, 15) is 4.79 Å². The van der Waals surface area contributed by atoms with Crippen molar-refractivity contribution in [2.45, 2.75) is 33.4 Å². The molecule has 0 bridgehead atoms. The van der Waals surface area contributed by atoms with E-state index in [2.05, 4.69) is 51.8 Å². The second kappa shape index (κ2) is 8.45. The minimum atomic E-state index is -0.206. The van der Waals surface area contributed by atoms with Gasteiger partial charge in [0.2, 0.25) is 0 Å². The van der Waals surface area contributed by atoms with Gasteiger partial charge in [-0.15, -0.1) is 0 Å². The number of nitrogens with zero attached hydrogens (tertiary/aromatic N) is 2. The molecular formula is C22H24N4O. The molecule has 138 valence electrons. The second-order valence-corrected chi connectivity index (χ2v) is 6.80. The predicted molar refractivity (Wildman–Crippen MR) is 109 cm³/mol. The van der Waals surface area contributed by atoms with Gasteiger partial charge in [-0.25, -0.2) is 9.97 Å². The number of benzene rings is 2. The Morgan fingerprint density at radius 1 is 1.00 bits per heavy atom. The summed E-state index contributed by atoms with van der Waals surface area (Å²) in [7, 11) is 0. The molecule has 3 aromatic rings. The Morgan fingerprint density at radius 3 is 2.37 bits per heavy atom. The lowest BCUT2D eigenvalue weighted by atomic mass is 10.1. The van der Waals surface area contributed by atoms with Crippen LogP contribution >= 0.6 is 0 Å². The van der Waals surface area contributed by atoms with Crippen molar-refractivity contribution in [1.82, 2.24) is 15.3 Å². The third kappa shape index (κ3) is 5.14. The summed E-state index contributed by atoms with van der Waals surface area (Å²) < 4.78 is 0. The van der Waals surface area contributed by atoms with Crippen LogP contribution in [0.1, 0.15) is 35.5 Å². The molecule has 5 heteroatoms. The first-order valence-corrected chi connectivity index (χ1v) is 9.06. The average Bonchev–Trinajstić information content (AvgIpc) is 2.67. The lowest BCUT2D eigenvalue weighted by Gasteiger charge is -2.12.